The Hall–Kier alpha value is -1.99. The lowest BCUT2D eigenvalue weighted by molar-refractivity contribution is -0.123. The van der Waals surface area contributed by atoms with Gasteiger partial charge in [-0.2, -0.15) is 0 Å². The predicted octanol–water partition coefficient (Wildman–Crippen LogP) is 1.97. The van der Waals surface area contributed by atoms with E-state index in [4.69, 9.17) is 9.47 Å². The number of rotatable bonds is 3. The zero-order chi connectivity index (χ0) is 15.0. The van der Waals surface area contributed by atoms with Crippen LogP contribution in [0.3, 0.4) is 0 Å². The van der Waals surface area contributed by atoms with Gasteiger partial charge in [0.2, 0.25) is 6.79 Å². The lowest BCUT2D eigenvalue weighted by atomic mass is 10.2. The molecule has 1 saturated heterocycles. The van der Waals surface area contributed by atoms with Gasteiger partial charge in [-0.3, -0.25) is 19.4 Å². The highest BCUT2D eigenvalue weighted by atomic mass is 32.2. The van der Waals surface area contributed by atoms with E-state index in [1.54, 1.807) is 23.1 Å². The molecular formula is C14H14N2O4S. The van der Waals surface area contributed by atoms with Crippen molar-refractivity contribution in [3.63, 3.8) is 0 Å². The first-order valence-electron chi connectivity index (χ1n) is 6.34. The second-order valence-corrected chi connectivity index (χ2v) is 5.94. The molecule has 7 heteroatoms. The van der Waals surface area contributed by atoms with Crippen molar-refractivity contribution in [3.05, 3.63) is 28.7 Å². The summed E-state index contributed by atoms with van der Waals surface area (Å²) in [5, 5.41) is -0.249. The van der Waals surface area contributed by atoms with Crippen LogP contribution in [0, 0.1) is 0 Å². The van der Waals surface area contributed by atoms with Crippen molar-refractivity contribution < 1.29 is 19.1 Å². The monoisotopic (exact) mass is 306 g/mol. The molecule has 0 saturated carbocycles. The molecule has 2 heterocycles. The van der Waals surface area contributed by atoms with Gasteiger partial charge in [0, 0.05) is 0 Å². The molecular weight excluding hydrogens is 292 g/mol. The molecule has 3 rings (SSSR count). The van der Waals surface area contributed by atoms with Crippen LogP contribution in [0.5, 0.6) is 11.5 Å². The summed E-state index contributed by atoms with van der Waals surface area (Å²) in [5.74, 6) is 1.07. The van der Waals surface area contributed by atoms with Crippen molar-refractivity contribution in [2.75, 3.05) is 27.6 Å². The summed E-state index contributed by atoms with van der Waals surface area (Å²) in [6.07, 6.45) is 1.70. The number of benzene rings is 1. The van der Waals surface area contributed by atoms with Crippen LogP contribution in [0.4, 0.5) is 4.79 Å². The summed E-state index contributed by atoms with van der Waals surface area (Å²) >= 11 is 0.952. The summed E-state index contributed by atoms with van der Waals surface area (Å²) in [4.78, 5) is 27.5. The number of carbonyl (C=O) groups is 2. The average molecular weight is 306 g/mol. The van der Waals surface area contributed by atoms with E-state index < -0.39 is 0 Å². The molecule has 0 atom stereocenters. The van der Waals surface area contributed by atoms with Gasteiger partial charge in [0.25, 0.3) is 11.1 Å². The quantitative estimate of drug-likeness (QED) is 0.796. The highest BCUT2D eigenvalue weighted by Gasteiger charge is 2.35. The fraction of sp³-hybridized carbons (Fsp3) is 0.286. The Labute approximate surface area is 126 Å². The van der Waals surface area contributed by atoms with Gasteiger partial charge >= 0.3 is 0 Å². The number of ether oxygens (including phenoxy) is 2. The van der Waals surface area contributed by atoms with Gasteiger partial charge in [-0.1, -0.05) is 6.07 Å². The highest BCUT2D eigenvalue weighted by Crippen LogP contribution is 2.36. The number of fused-ring (bicyclic) bond motifs is 1. The van der Waals surface area contributed by atoms with Crippen LogP contribution in [0.15, 0.2) is 23.1 Å². The Morgan fingerprint density at radius 2 is 2.05 bits per heavy atom. The fourth-order valence-corrected chi connectivity index (χ4v) is 2.89. The van der Waals surface area contributed by atoms with E-state index in [9.17, 15) is 9.59 Å². The van der Waals surface area contributed by atoms with Gasteiger partial charge in [0.1, 0.15) is 0 Å². The van der Waals surface area contributed by atoms with Crippen molar-refractivity contribution in [2.45, 2.75) is 0 Å². The minimum Gasteiger partial charge on any atom is -0.454 e. The Kier molecular flexibility index (Phi) is 3.60. The van der Waals surface area contributed by atoms with Crippen molar-refractivity contribution in [2.24, 2.45) is 0 Å². The third kappa shape index (κ3) is 2.74. The molecule has 0 N–H and O–H groups in total. The average Bonchev–Trinajstić information content (AvgIpc) is 2.98. The number of thioether (sulfide) groups is 1. The SMILES string of the molecule is CN(C)CN1C(=O)S/C(=C\c2ccc3c(c2)OCO3)C1=O. The van der Waals surface area contributed by atoms with E-state index >= 15 is 0 Å². The molecule has 110 valence electrons. The molecule has 1 aromatic rings. The third-order valence-corrected chi connectivity index (χ3v) is 3.90. The van der Waals surface area contributed by atoms with Gasteiger partial charge in [-0.25, -0.2) is 0 Å². The van der Waals surface area contributed by atoms with Crippen LogP contribution in [0.2, 0.25) is 0 Å². The fourth-order valence-electron chi connectivity index (χ4n) is 2.06. The van der Waals surface area contributed by atoms with E-state index in [-0.39, 0.29) is 24.6 Å². The van der Waals surface area contributed by atoms with Gasteiger partial charge < -0.3 is 9.47 Å². The van der Waals surface area contributed by atoms with Crippen LogP contribution in [-0.4, -0.2) is 48.5 Å². The van der Waals surface area contributed by atoms with Gasteiger partial charge in [-0.15, -0.1) is 0 Å². The lowest BCUT2D eigenvalue weighted by Gasteiger charge is -2.17. The maximum atomic E-state index is 12.2. The standard InChI is InChI=1S/C14H14N2O4S/c1-15(2)7-16-13(17)12(21-14(16)18)6-9-3-4-10-11(5-9)20-8-19-10/h3-6H,7-8H2,1-2H3/b12-6-. The Bertz CT molecular complexity index is 642. The molecule has 6 nitrogen and oxygen atoms in total. The summed E-state index contributed by atoms with van der Waals surface area (Å²) in [7, 11) is 3.62. The molecule has 0 radical (unpaired) electrons. The molecule has 1 fully saturated rings. The largest absolute Gasteiger partial charge is 0.454 e. The molecule has 1 aromatic carbocycles. The van der Waals surface area contributed by atoms with E-state index in [0.29, 0.717) is 16.4 Å². The number of imide groups is 1. The zero-order valence-corrected chi connectivity index (χ0v) is 12.5. The lowest BCUT2D eigenvalue weighted by Crippen LogP contribution is -2.36. The smallest absolute Gasteiger partial charge is 0.294 e. The first-order chi connectivity index (χ1) is 10.0. The van der Waals surface area contributed by atoms with Crippen LogP contribution in [0.25, 0.3) is 6.08 Å². The van der Waals surface area contributed by atoms with E-state index in [2.05, 4.69) is 0 Å². The van der Waals surface area contributed by atoms with Crippen molar-refractivity contribution in [1.29, 1.82) is 0 Å². The molecule has 2 aliphatic rings. The maximum absolute atomic E-state index is 12.2. The minimum atomic E-state index is -0.267. The first kappa shape index (κ1) is 14.0. The number of hydrogen-bond acceptors (Lipinski definition) is 6. The number of nitrogens with zero attached hydrogens (tertiary/aromatic N) is 2. The Balaban J connectivity index is 1.84. The van der Waals surface area contributed by atoms with E-state index in [0.717, 1.165) is 17.3 Å². The van der Waals surface area contributed by atoms with Crippen molar-refractivity contribution in [3.8, 4) is 11.5 Å². The van der Waals surface area contributed by atoms with Gasteiger partial charge in [-0.05, 0) is 49.6 Å². The summed E-state index contributed by atoms with van der Waals surface area (Å²) in [6.45, 7) is 0.487. The van der Waals surface area contributed by atoms with E-state index in [1.807, 2.05) is 20.2 Å². The van der Waals surface area contributed by atoms with Crippen molar-refractivity contribution in [1.82, 2.24) is 9.80 Å². The molecule has 0 aromatic heterocycles. The van der Waals surface area contributed by atoms with Crippen molar-refractivity contribution >= 4 is 29.0 Å². The molecule has 2 aliphatic heterocycles. The van der Waals surface area contributed by atoms with Gasteiger partial charge in [0.15, 0.2) is 11.5 Å². The Morgan fingerprint density at radius 3 is 2.81 bits per heavy atom. The molecule has 0 aliphatic carbocycles. The topological polar surface area (TPSA) is 59.1 Å². The number of carbonyl (C=O) groups excluding carboxylic acids is 2. The Morgan fingerprint density at radius 1 is 1.29 bits per heavy atom. The second kappa shape index (κ2) is 5.42. The minimum absolute atomic E-state index is 0.206. The van der Waals surface area contributed by atoms with Crippen LogP contribution >= 0.6 is 11.8 Å². The first-order valence-corrected chi connectivity index (χ1v) is 7.16. The molecule has 21 heavy (non-hydrogen) atoms. The molecule has 0 unspecified atom stereocenters. The van der Waals surface area contributed by atoms with Crippen LogP contribution < -0.4 is 9.47 Å². The predicted molar refractivity (Wildman–Crippen MR) is 78.9 cm³/mol. The summed E-state index contributed by atoms with van der Waals surface area (Å²) < 4.78 is 10.5. The maximum Gasteiger partial charge on any atom is 0.294 e. The zero-order valence-electron chi connectivity index (χ0n) is 11.7. The van der Waals surface area contributed by atoms with Gasteiger partial charge in [0.05, 0.1) is 11.6 Å². The third-order valence-electron chi connectivity index (χ3n) is 2.99. The number of amides is 2. The van der Waals surface area contributed by atoms with E-state index in [1.165, 1.54) is 4.90 Å². The molecule has 2 amide bonds. The van der Waals surface area contributed by atoms with Crippen LogP contribution in [0.1, 0.15) is 5.56 Å². The second-order valence-electron chi connectivity index (χ2n) is 4.94. The normalized spacial score (nSPS) is 19.2. The highest BCUT2D eigenvalue weighted by molar-refractivity contribution is 8.18. The molecule has 0 spiro atoms. The summed E-state index contributed by atoms with van der Waals surface area (Å²) in [5.41, 5.74) is 0.801. The van der Waals surface area contributed by atoms with Crippen LogP contribution in [-0.2, 0) is 4.79 Å². The number of hydrogen-bond donors (Lipinski definition) is 0. The molecule has 0 bridgehead atoms. The summed E-state index contributed by atoms with van der Waals surface area (Å²) in [6, 6.07) is 5.41.